The summed E-state index contributed by atoms with van der Waals surface area (Å²) in [6.45, 7) is 22.1. The van der Waals surface area contributed by atoms with Gasteiger partial charge in [0.05, 0.1) is 6.61 Å². The van der Waals surface area contributed by atoms with Gasteiger partial charge < -0.3 is 10.1 Å². The number of ether oxygens (including phenoxy) is 1. The first kappa shape index (κ1) is 31.6. The molecule has 0 heterocycles. The molecule has 0 rings (SSSR count). The van der Waals surface area contributed by atoms with Gasteiger partial charge in [0.2, 0.25) is 0 Å². The van der Waals surface area contributed by atoms with E-state index in [0.717, 1.165) is 22.3 Å². The smallest absolute Gasteiger partial charge is 0.323 e. The molecule has 0 saturated carbocycles. The molecule has 0 amide bonds. The molecule has 0 aromatic heterocycles. The van der Waals surface area contributed by atoms with Gasteiger partial charge in [-0.2, -0.15) is 11.8 Å². The van der Waals surface area contributed by atoms with Crippen LogP contribution in [0.25, 0.3) is 0 Å². The van der Waals surface area contributed by atoms with E-state index in [4.69, 9.17) is 4.74 Å². The van der Waals surface area contributed by atoms with Crippen molar-refractivity contribution in [2.24, 2.45) is 11.8 Å². The zero-order chi connectivity index (χ0) is 25.9. The summed E-state index contributed by atoms with van der Waals surface area (Å²) in [6.07, 6.45) is 0.756. The van der Waals surface area contributed by atoms with Crippen LogP contribution in [0.4, 0.5) is 0 Å². The fraction of sp³-hybridized carbons (Fsp3) is 0.741. The summed E-state index contributed by atoms with van der Waals surface area (Å²) in [4.78, 5) is 37.8. The van der Waals surface area contributed by atoms with Gasteiger partial charge in [-0.05, 0) is 64.5 Å². The number of rotatable bonds is 15. The number of carbonyl (C=O) groups is 3. The minimum atomic E-state index is -0.528. The second-order valence-electron chi connectivity index (χ2n) is 9.70. The Bertz CT molecular complexity index is 736. The molecule has 6 heteroatoms. The van der Waals surface area contributed by atoms with Crippen molar-refractivity contribution in [3.8, 4) is 0 Å². The van der Waals surface area contributed by atoms with Crippen LogP contribution in [0, 0.1) is 11.8 Å². The van der Waals surface area contributed by atoms with E-state index in [9.17, 15) is 14.4 Å². The second kappa shape index (κ2) is 15.5. The predicted molar refractivity (Wildman–Crippen MR) is 141 cm³/mol. The molecule has 1 N–H and O–H groups in total. The van der Waals surface area contributed by atoms with Gasteiger partial charge in [-0.15, -0.1) is 0 Å². The molecule has 0 bridgehead atoms. The van der Waals surface area contributed by atoms with Crippen molar-refractivity contribution < 1.29 is 19.1 Å². The number of carbonyl (C=O) groups excluding carboxylic acids is 3. The summed E-state index contributed by atoms with van der Waals surface area (Å²) < 4.78 is 5.25. The van der Waals surface area contributed by atoms with Gasteiger partial charge in [0.25, 0.3) is 0 Å². The quantitative estimate of drug-likeness (QED) is 0.231. The van der Waals surface area contributed by atoms with Crippen molar-refractivity contribution >= 4 is 29.3 Å². The average molecular weight is 482 g/mol. The first-order valence-electron chi connectivity index (χ1n) is 12.2. The molecule has 0 saturated heterocycles. The number of allylic oxidation sites excluding steroid dienone is 4. The standard InChI is InChI=1S/C27H47NO4S/c1-12-32-27(31)24(28-18(6)13-25(29)22(10)20(8)16(2)3)15-33-19(7)14-26(30)23(11)21(9)17(4)5/h16-19,24,28H,12-15H2,1-11H3. The molecule has 0 radical (unpaired) electrons. The topological polar surface area (TPSA) is 72.5 Å². The van der Waals surface area contributed by atoms with E-state index in [0.29, 0.717) is 37.0 Å². The van der Waals surface area contributed by atoms with E-state index >= 15 is 0 Å². The number of ketones is 2. The third-order valence-corrected chi connectivity index (χ3v) is 7.58. The van der Waals surface area contributed by atoms with E-state index in [1.165, 1.54) is 0 Å². The molecule has 33 heavy (non-hydrogen) atoms. The molecule has 0 spiro atoms. The highest BCUT2D eigenvalue weighted by molar-refractivity contribution is 7.99. The van der Waals surface area contributed by atoms with Crippen molar-refractivity contribution in [3.05, 3.63) is 22.3 Å². The van der Waals surface area contributed by atoms with Crippen molar-refractivity contribution in [2.75, 3.05) is 12.4 Å². The van der Waals surface area contributed by atoms with Crippen LogP contribution in [-0.2, 0) is 19.1 Å². The Morgan fingerprint density at radius 2 is 1.24 bits per heavy atom. The highest BCUT2D eigenvalue weighted by Crippen LogP contribution is 2.22. The van der Waals surface area contributed by atoms with Gasteiger partial charge >= 0.3 is 5.97 Å². The van der Waals surface area contributed by atoms with Gasteiger partial charge in [-0.3, -0.25) is 14.4 Å². The maximum Gasteiger partial charge on any atom is 0.323 e. The summed E-state index contributed by atoms with van der Waals surface area (Å²) >= 11 is 1.58. The lowest BCUT2D eigenvalue weighted by Gasteiger charge is -2.23. The lowest BCUT2D eigenvalue weighted by molar-refractivity contribution is -0.145. The minimum absolute atomic E-state index is 0.0712. The molecule has 0 aliphatic rings. The van der Waals surface area contributed by atoms with Crippen LogP contribution in [0.1, 0.15) is 89.0 Å². The van der Waals surface area contributed by atoms with Crippen LogP contribution in [0.15, 0.2) is 22.3 Å². The summed E-state index contributed by atoms with van der Waals surface area (Å²) in [5.41, 5.74) is 3.86. The maximum absolute atomic E-state index is 12.7. The number of hydrogen-bond acceptors (Lipinski definition) is 6. The highest BCUT2D eigenvalue weighted by Gasteiger charge is 2.25. The maximum atomic E-state index is 12.7. The number of Topliss-reactive ketones (excluding diaryl/α,β-unsaturated/α-hetero) is 2. The Morgan fingerprint density at radius 3 is 1.67 bits per heavy atom. The number of thioether (sulfide) groups is 1. The average Bonchev–Trinajstić information content (AvgIpc) is 2.73. The third-order valence-electron chi connectivity index (χ3n) is 6.32. The molecule has 0 aromatic rings. The van der Waals surface area contributed by atoms with Crippen molar-refractivity contribution in [2.45, 2.75) is 106 Å². The van der Waals surface area contributed by atoms with Crippen molar-refractivity contribution in [1.29, 1.82) is 0 Å². The Hall–Kier alpha value is -1.40. The zero-order valence-electron chi connectivity index (χ0n) is 22.8. The van der Waals surface area contributed by atoms with E-state index in [2.05, 4.69) is 33.0 Å². The van der Waals surface area contributed by atoms with Gasteiger partial charge in [-0.25, -0.2) is 0 Å². The van der Waals surface area contributed by atoms with Crippen LogP contribution < -0.4 is 5.32 Å². The second-order valence-corrected chi connectivity index (χ2v) is 11.2. The molecule has 3 atom stereocenters. The van der Waals surface area contributed by atoms with E-state index in [1.807, 2.05) is 41.5 Å². The summed E-state index contributed by atoms with van der Waals surface area (Å²) in [6, 6.07) is -0.696. The van der Waals surface area contributed by atoms with E-state index in [-0.39, 0.29) is 28.8 Å². The Kier molecular flexibility index (Phi) is 14.8. The first-order chi connectivity index (χ1) is 15.2. The van der Waals surface area contributed by atoms with Crippen LogP contribution >= 0.6 is 11.8 Å². The third kappa shape index (κ3) is 11.5. The van der Waals surface area contributed by atoms with Gasteiger partial charge in [0.15, 0.2) is 11.6 Å². The fourth-order valence-electron chi connectivity index (χ4n) is 3.30. The zero-order valence-corrected chi connectivity index (χ0v) is 23.6. The fourth-order valence-corrected chi connectivity index (χ4v) is 4.32. The van der Waals surface area contributed by atoms with Gasteiger partial charge in [0.1, 0.15) is 6.04 Å². The molecule has 0 aromatic carbocycles. The normalized spacial score (nSPS) is 16.2. The van der Waals surface area contributed by atoms with Crippen molar-refractivity contribution in [1.82, 2.24) is 5.32 Å². The monoisotopic (exact) mass is 481 g/mol. The summed E-state index contributed by atoms with van der Waals surface area (Å²) in [5.74, 6) is 1.09. The summed E-state index contributed by atoms with van der Waals surface area (Å²) in [5, 5.41) is 3.36. The largest absolute Gasteiger partial charge is 0.465 e. The Labute approximate surface area is 206 Å². The van der Waals surface area contributed by atoms with Gasteiger partial charge in [-0.1, -0.05) is 45.8 Å². The Morgan fingerprint density at radius 1 is 0.788 bits per heavy atom. The number of esters is 1. The molecule has 0 aliphatic heterocycles. The molecule has 3 unspecified atom stereocenters. The molecule has 190 valence electrons. The molecule has 0 aliphatic carbocycles. The highest BCUT2D eigenvalue weighted by atomic mass is 32.2. The lowest BCUT2D eigenvalue weighted by atomic mass is 9.95. The van der Waals surface area contributed by atoms with Gasteiger partial charge in [0, 0.05) is 29.9 Å². The van der Waals surface area contributed by atoms with Crippen LogP contribution in [0.5, 0.6) is 0 Å². The molecular weight excluding hydrogens is 434 g/mol. The molecule has 5 nitrogen and oxygen atoms in total. The number of nitrogens with one attached hydrogen (secondary N) is 1. The SMILES string of the molecule is CCOC(=O)C(CSC(C)CC(=O)C(C)=C(C)C(C)C)NC(C)CC(=O)C(C)=C(C)C(C)C. The first-order valence-corrected chi connectivity index (χ1v) is 13.2. The van der Waals surface area contributed by atoms with E-state index in [1.54, 1.807) is 18.7 Å². The van der Waals surface area contributed by atoms with Crippen LogP contribution in [-0.4, -0.2) is 47.2 Å². The molecular formula is C27H47NO4S. The predicted octanol–water partition coefficient (Wildman–Crippen LogP) is 5.92. The van der Waals surface area contributed by atoms with Crippen LogP contribution in [0.2, 0.25) is 0 Å². The van der Waals surface area contributed by atoms with E-state index < -0.39 is 6.04 Å². The number of hydrogen-bond donors (Lipinski definition) is 1. The minimum Gasteiger partial charge on any atom is -0.465 e. The van der Waals surface area contributed by atoms with Crippen molar-refractivity contribution in [3.63, 3.8) is 0 Å². The lowest BCUT2D eigenvalue weighted by Crippen LogP contribution is -2.45. The Balaban J connectivity index is 5.11. The summed E-state index contributed by atoms with van der Waals surface area (Å²) in [7, 11) is 0. The molecule has 0 fully saturated rings. The van der Waals surface area contributed by atoms with Crippen LogP contribution in [0.3, 0.4) is 0 Å².